The van der Waals surface area contributed by atoms with Crippen molar-refractivity contribution < 1.29 is 9.59 Å². The third-order valence-electron chi connectivity index (χ3n) is 6.47. The summed E-state index contributed by atoms with van der Waals surface area (Å²) in [6.07, 6.45) is 5.97. The molecule has 5 nitrogen and oxygen atoms in total. The molecule has 33 heavy (non-hydrogen) atoms. The van der Waals surface area contributed by atoms with Crippen LogP contribution in [0.1, 0.15) is 24.0 Å². The highest BCUT2D eigenvalue weighted by Crippen LogP contribution is 2.36. The topological polar surface area (TPSA) is 53.5 Å². The summed E-state index contributed by atoms with van der Waals surface area (Å²) in [7, 11) is 3.61. The average Bonchev–Trinajstić information content (AvgIpc) is 2.85. The van der Waals surface area contributed by atoms with E-state index in [0.29, 0.717) is 25.9 Å². The molecule has 0 unspecified atom stereocenters. The minimum atomic E-state index is -0.611. The smallest absolute Gasteiger partial charge is 0.230 e. The summed E-state index contributed by atoms with van der Waals surface area (Å²) in [5.41, 5.74) is 3.73. The third-order valence-corrected chi connectivity index (χ3v) is 6.47. The van der Waals surface area contributed by atoms with Crippen LogP contribution in [-0.4, -0.2) is 53.8 Å². The van der Waals surface area contributed by atoms with E-state index < -0.39 is 5.41 Å². The summed E-state index contributed by atoms with van der Waals surface area (Å²) in [5.74, 6) is 0.145. The van der Waals surface area contributed by atoms with Gasteiger partial charge in [-0.15, -0.1) is 0 Å². The number of nitrogens with zero attached hydrogens (tertiary/aromatic N) is 3. The average molecular weight is 442 g/mol. The fourth-order valence-electron chi connectivity index (χ4n) is 4.84. The number of hydrogen-bond donors (Lipinski definition) is 0. The summed E-state index contributed by atoms with van der Waals surface area (Å²) < 4.78 is 0. The summed E-state index contributed by atoms with van der Waals surface area (Å²) >= 11 is 0. The van der Waals surface area contributed by atoms with Crippen molar-refractivity contribution in [2.24, 2.45) is 5.41 Å². The van der Waals surface area contributed by atoms with Gasteiger partial charge in [-0.3, -0.25) is 14.6 Å². The zero-order chi connectivity index (χ0) is 23.3. The Morgan fingerprint density at radius 3 is 2.33 bits per heavy atom. The molecule has 4 rings (SSSR count). The van der Waals surface area contributed by atoms with Crippen molar-refractivity contribution in [1.29, 1.82) is 0 Å². The normalized spacial score (nSPS) is 18.1. The molecule has 0 radical (unpaired) electrons. The molecule has 0 spiro atoms. The molecule has 1 aliphatic heterocycles. The van der Waals surface area contributed by atoms with Gasteiger partial charge in [0.05, 0.1) is 11.8 Å². The van der Waals surface area contributed by atoms with Gasteiger partial charge in [-0.05, 0) is 47.6 Å². The van der Waals surface area contributed by atoms with Gasteiger partial charge in [-0.2, -0.15) is 0 Å². The minimum absolute atomic E-state index is 0.0538. The van der Waals surface area contributed by atoms with E-state index in [1.165, 1.54) is 5.56 Å². The molecule has 170 valence electrons. The van der Waals surface area contributed by atoms with E-state index in [0.717, 1.165) is 29.5 Å². The van der Waals surface area contributed by atoms with Crippen LogP contribution in [0.3, 0.4) is 0 Å². The zero-order valence-electron chi connectivity index (χ0n) is 19.4. The van der Waals surface area contributed by atoms with E-state index in [9.17, 15) is 9.59 Å². The number of amides is 2. The lowest BCUT2D eigenvalue weighted by molar-refractivity contribution is -0.147. The zero-order valence-corrected chi connectivity index (χ0v) is 19.4. The molecule has 0 bridgehead atoms. The molecule has 3 aromatic rings. The molecular weight excluding hydrogens is 410 g/mol. The Labute approximate surface area is 196 Å². The van der Waals surface area contributed by atoms with E-state index in [4.69, 9.17) is 0 Å². The Bertz CT molecular complexity index is 1080. The molecular formula is C28H31N3O2. The Hall–Kier alpha value is -3.47. The van der Waals surface area contributed by atoms with Crippen LogP contribution < -0.4 is 0 Å². The number of likely N-dealkylation sites (tertiary alicyclic amines) is 1. The molecule has 2 amide bonds. The van der Waals surface area contributed by atoms with Crippen LogP contribution >= 0.6 is 0 Å². The van der Waals surface area contributed by atoms with E-state index in [1.54, 1.807) is 31.4 Å². The molecule has 1 fully saturated rings. The van der Waals surface area contributed by atoms with Gasteiger partial charge in [0.25, 0.3) is 0 Å². The summed E-state index contributed by atoms with van der Waals surface area (Å²) in [4.78, 5) is 34.2. The number of piperidine rings is 1. The van der Waals surface area contributed by atoms with Crippen LogP contribution in [0.25, 0.3) is 11.1 Å². The van der Waals surface area contributed by atoms with Crippen LogP contribution in [0.15, 0.2) is 79.1 Å². The number of benzene rings is 2. The number of rotatable bonds is 6. The maximum atomic E-state index is 13.4. The fourth-order valence-corrected chi connectivity index (χ4v) is 4.84. The fraction of sp³-hybridized carbons (Fsp3) is 0.321. The first-order valence-electron chi connectivity index (χ1n) is 11.5. The van der Waals surface area contributed by atoms with E-state index >= 15 is 0 Å². The molecule has 1 aromatic heterocycles. The van der Waals surface area contributed by atoms with Crippen LogP contribution in [0.5, 0.6) is 0 Å². The predicted octanol–water partition coefficient (Wildman–Crippen LogP) is 4.23. The number of aromatic nitrogens is 1. The van der Waals surface area contributed by atoms with Crippen molar-refractivity contribution in [3.63, 3.8) is 0 Å². The lowest BCUT2D eigenvalue weighted by Gasteiger charge is -2.43. The van der Waals surface area contributed by atoms with Gasteiger partial charge in [-0.25, -0.2) is 0 Å². The predicted molar refractivity (Wildman–Crippen MR) is 130 cm³/mol. The van der Waals surface area contributed by atoms with Crippen molar-refractivity contribution in [3.05, 3.63) is 90.3 Å². The highest BCUT2D eigenvalue weighted by Gasteiger charge is 2.44. The second kappa shape index (κ2) is 9.99. The molecule has 2 aromatic carbocycles. The van der Waals surface area contributed by atoms with Gasteiger partial charge in [0.15, 0.2) is 0 Å². The van der Waals surface area contributed by atoms with Crippen molar-refractivity contribution in [3.8, 4) is 11.1 Å². The number of carbonyl (C=O) groups is 2. The lowest BCUT2D eigenvalue weighted by atomic mass is 9.73. The molecule has 0 N–H and O–H groups in total. The number of carbonyl (C=O) groups excluding carboxylic acids is 2. The highest BCUT2D eigenvalue weighted by molar-refractivity contribution is 5.85. The SMILES string of the molecule is CN(C)C(=O)[C@@]1(Cc2ccc(-c3ccccc3)cc2)CCCN(C(=O)Cc2cccnc2)C1. The number of hydrogen-bond acceptors (Lipinski definition) is 3. The Morgan fingerprint density at radius 1 is 0.939 bits per heavy atom. The van der Waals surface area contributed by atoms with E-state index in [2.05, 4.69) is 41.4 Å². The molecule has 0 aliphatic carbocycles. The monoisotopic (exact) mass is 441 g/mol. The standard InChI is InChI=1S/C28H31N3O2/c1-30(2)27(33)28(19-22-11-13-25(14-12-22)24-9-4-3-5-10-24)15-7-17-31(21-28)26(32)18-23-8-6-16-29-20-23/h3-6,8-14,16,20H,7,15,17-19,21H2,1-2H3/t28-/m1/s1. The molecule has 2 heterocycles. The quantitative estimate of drug-likeness (QED) is 0.575. The molecule has 1 aliphatic rings. The van der Waals surface area contributed by atoms with Crippen LogP contribution in [0, 0.1) is 5.41 Å². The van der Waals surface area contributed by atoms with Crippen molar-refractivity contribution in [2.75, 3.05) is 27.2 Å². The molecule has 1 atom stereocenters. The second-order valence-electron chi connectivity index (χ2n) is 9.18. The van der Waals surface area contributed by atoms with Crippen LogP contribution in [0.4, 0.5) is 0 Å². The summed E-state index contributed by atoms with van der Waals surface area (Å²) in [6.45, 7) is 1.14. The largest absolute Gasteiger partial charge is 0.348 e. The number of pyridine rings is 1. The highest BCUT2D eigenvalue weighted by atomic mass is 16.2. The van der Waals surface area contributed by atoms with Crippen molar-refractivity contribution >= 4 is 11.8 Å². The Morgan fingerprint density at radius 2 is 1.67 bits per heavy atom. The minimum Gasteiger partial charge on any atom is -0.348 e. The first kappa shape index (κ1) is 22.7. The van der Waals surface area contributed by atoms with Gasteiger partial charge in [-0.1, -0.05) is 60.7 Å². The first-order chi connectivity index (χ1) is 16.0. The third kappa shape index (κ3) is 5.30. The molecule has 1 saturated heterocycles. The van der Waals surface area contributed by atoms with Crippen LogP contribution in [-0.2, 0) is 22.4 Å². The molecule has 5 heteroatoms. The van der Waals surface area contributed by atoms with E-state index in [1.807, 2.05) is 35.2 Å². The van der Waals surface area contributed by atoms with Crippen LogP contribution in [0.2, 0.25) is 0 Å². The van der Waals surface area contributed by atoms with Gasteiger partial charge in [0.2, 0.25) is 11.8 Å². The second-order valence-corrected chi connectivity index (χ2v) is 9.18. The van der Waals surface area contributed by atoms with Gasteiger partial charge >= 0.3 is 0 Å². The molecule has 0 saturated carbocycles. The Balaban J connectivity index is 1.54. The van der Waals surface area contributed by atoms with Gasteiger partial charge in [0.1, 0.15) is 0 Å². The van der Waals surface area contributed by atoms with Crippen molar-refractivity contribution in [1.82, 2.24) is 14.8 Å². The summed E-state index contributed by atoms with van der Waals surface area (Å²) in [5, 5.41) is 0. The van der Waals surface area contributed by atoms with Gasteiger partial charge < -0.3 is 9.80 Å². The van der Waals surface area contributed by atoms with E-state index in [-0.39, 0.29) is 11.8 Å². The Kier molecular flexibility index (Phi) is 6.87. The van der Waals surface area contributed by atoms with Gasteiger partial charge in [0, 0.05) is 39.6 Å². The van der Waals surface area contributed by atoms with Crippen molar-refractivity contribution in [2.45, 2.75) is 25.7 Å². The maximum Gasteiger partial charge on any atom is 0.230 e. The lowest BCUT2D eigenvalue weighted by Crippen LogP contribution is -2.54. The first-order valence-corrected chi connectivity index (χ1v) is 11.5. The maximum absolute atomic E-state index is 13.4. The summed E-state index contributed by atoms with van der Waals surface area (Å²) in [6, 6.07) is 22.5.